The quantitative estimate of drug-likeness (QED) is 0.733. The number of hydrogen-bond donors (Lipinski definition) is 3. The van der Waals surface area contributed by atoms with Gasteiger partial charge >= 0.3 is 12.1 Å². The highest BCUT2D eigenvalue weighted by Crippen LogP contribution is 2.19. The van der Waals surface area contributed by atoms with Gasteiger partial charge < -0.3 is 15.5 Å². The number of aliphatic hydroxyl groups excluding tert-OH is 1. The number of aliphatic hydroxyl groups is 1. The van der Waals surface area contributed by atoms with E-state index in [0.29, 0.717) is 11.1 Å². The van der Waals surface area contributed by atoms with Crippen molar-refractivity contribution in [3.8, 4) is 0 Å². The molecule has 1 unspecified atom stereocenters. The molecular formula is C12H14F3NO3. The number of carboxylic acid groups (broad SMARTS) is 1. The van der Waals surface area contributed by atoms with Gasteiger partial charge in [0.2, 0.25) is 0 Å². The minimum absolute atomic E-state index is 0.0967. The molecule has 1 rings (SSSR count). The summed E-state index contributed by atoms with van der Waals surface area (Å²) in [6, 6.07) is 6.47. The number of hydrogen-bond acceptors (Lipinski definition) is 3. The summed E-state index contributed by atoms with van der Waals surface area (Å²) in [4.78, 5) is 10.4. The Kier molecular flexibility index (Phi) is 5.31. The predicted molar refractivity (Wildman–Crippen MR) is 61.6 cm³/mol. The highest BCUT2D eigenvalue weighted by molar-refractivity contribution is 5.70. The zero-order chi connectivity index (χ0) is 14.5. The van der Waals surface area contributed by atoms with Crippen LogP contribution >= 0.6 is 0 Å². The molecular weight excluding hydrogens is 263 g/mol. The lowest BCUT2D eigenvalue weighted by molar-refractivity contribution is -0.201. The number of rotatable bonds is 6. The predicted octanol–water partition coefficient (Wildman–Crippen LogP) is 1.33. The fourth-order valence-electron chi connectivity index (χ4n) is 1.42. The van der Waals surface area contributed by atoms with Gasteiger partial charge in [-0.2, -0.15) is 13.2 Å². The molecule has 0 bridgehead atoms. The zero-order valence-corrected chi connectivity index (χ0v) is 9.94. The second-order valence-electron chi connectivity index (χ2n) is 4.08. The highest BCUT2D eigenvalue weighted by atomic mass is 19.4. The molecule has 0 radical (unpaired) electrons. The van der Waals surface area contributed by atoms with Gasteiger partial charge in [0.15, 0.2) is 6.10 Å². The normalized spacial score (nSPS) is 13.3. The smallest absolute Gasteiger partial charge is 0.415 e. The lowest BCUT2D eigenvalue weighted by Gasteiger charge is -2.15. The van der Waals surface area contributed by atoms with Crippen molar-refractivity contribution in [2.45, 2.75) is 25.2 Å². The minimum atomic E-state index is -4.63. The first kappa shape index (κ1) is 15.5. The molecule has 7 heteroatoms. The maximum Gasteiger partial charge on any atom is 0.415 e. The third-order valence-electron chi connectivity index (χ3n) is 2.42. The summed E-state index contributed by atoms with van der Waals surface area (Å²) in [6.45, 7) is -0.416. The summed E-state index contributed by atoms with van der Waals surface area (Å²) in [5.41, 5.74) is 1.33. The first-order valence-corrected chi connectivity index (χ1v) is 5.54. The molecule has 1 atom stereocenters. The lowest BCUT2D eigenvalue weighted by atomic mass is 10.1. The van der Waals surface area contributed by atoms with E-state index in [9.17, 15) is 18.0 Å². The zero-order valence-electron chi connectivity index (χ0n) is 9.94. The Bertz CT molecular complexity index is 417. The van der Waals surface area contributed by atoms with E-state index in [4.69, 9.17) is 10.2 Å². The molecule has 0 aliphatic rings. The summed E-state index contributed by atoms with van der Waals surface area (Å²) in [5, 5.41) is 19.8. The van der Waals surface area contributed by atoms with Crippen LogP contribution in [0.15, 0.2) is 24.3 Å². The molecule has 0 heterocycles. The van der Waals surface area contributed by atoms with E-state index in [1.807, 2.05) is 0 Å². The van der Waals surface area contributed by atoms with Gasteiger partial charge in [-0.3, -0.25) is 4.79 Å². The molecule has 106 valence electrons. The van der Waals surface area contributed by atoms with Crippen molar-refractivity contribution in [1.29, 1.82) is 0 Å². The van der Waals surface area contributed by atoms with E-state index in [2.05, 4.69) is 5.32 Å². The summed E-state index contributed by atoms with van der Waals surface area (Å²) in [6.07, 6.45) is -7.11. The van der Waals surface area contributed by atoms with E-state index < -0.39 is 24.8 Å². The number of carbonyl (C=O) groups is 1. The van der Waals surface area contributed by atoms with E-state index in [1.54, 1.807) is 24.3 Å². The van der Waals surface area contributed by atoms with Crippen molar-refractivity contribution in [1.82, 2.24) is 5.32 Å². The minimum Gasteiger partial charge on any atom is -0.481 e. The lowest BCUT2D eigenvalue weighted by Crippen LogP contribution is -2.38. The van der Waals surface area contributed by atoms with Crippen LogP contribution in [0.5, 0.6) is 0 Å². The maximum absolute atomic E-state index is 12.0. The SMILES string of the molecule is O=C(O)Cc1ccc(CNCC(O)C(F)(F)F)cc1. The van der Waals surface area contributed by atoms with Crippen molar-refractivity contribution < 1.29 is 28.2 Å². The van der Waals surface area contributed by atoms with Gasteiger partial charge in [0.05, 0.1) is 6.42 Å². The summed E-state index contributed by atoms with van der Waals surface area (Å²) in [7, 11) is 0. The van der Waals surface area contributed by atoms with E-state index >= 15 is 0 Å². The van der Waals surface area contributed by atoms with E-state index in [1.165, 1.54) is 0 Å². The van der Waals surface area contributed by atoms with Crippen molar-refractivity contribution in [2.75, 3.05) is 6.54 Å². The van der Waals surface area contributed by atoms with Crippen LogP contribution in [0.25, 0.3) is 0 Å². The Hall–Kier alpha value is -1.60. The average Bonchev–Trinajstić information content (AvgIpc) is 2.29. The van der Waals surface area contributed by atoms with Crippen molar-refractivity contribution >= 4 is 5.97 Å². The second-order valence-corrected chi connectivity index (χ2v) is 4.08. The third-order valence-corrected chi connectivity index (χ3v) is 2.42. The van der Waals surface area contributed by atoms with Gasteiger partial charge in [0.1, 0.15) is 0 Å². The van der Waals surface area contributed by atoms with Crippen molar-refractivity contribution in [3.05, 3.63) is 35.4 Å². The van der Waals surface area contributed by atoms with E-state index in [0.717, 1.165) is 0 Å². The molecule has 4 nitrogen and oxygen atoms in total. The van der Waals surface area contributed by atoms with Gasteiger partial charge in [-0.15, -0.1) is 0 Å². The third kappa shape index (κ3) is 5.71. The number of nitrogens with one attached hydrogen (secondary N) is 1. The Morgan fingerprint density at radius 3 is 2.21 bits per heavy atom. The topological polar surface area (TPSA) is 69.6 Å². The largest absolute Gasteiger partial charge is 0.481 e. The standard InChI is InChI=1S/C12H14F3NO3/c13-12(14,15)10(17)7-16-6-9-3-1-8(2-4-9)5-11(18)19/h1-4,10,16-17H,5-7H2,(H,18,19). The van der Waals surface area contributed by atoms with Crippen LogP contribution in [-0.4, -0.2) is 35.0 Å². The summed E-state index contributed by atoms with van der Waals surface area (Å²) < 4.78 is 36.0. The van der Waals surface area contributed by atoms with Crippen molar-refractivity contribution in [3.63, 3.8) is 0 Å². The number of carboxylic acids is 1. The molecule has 0 aromatic heterocycles. The van der Waals surface area contributed by atoms with Crippen LogP contribution in [0, 0.1) is 0 Å². The summed E-state index contributed by atoms with van der Waals surface area (Å²) >= 11 is 0. The molecule has 0 spiro atoms. The number of halogens is 3. The number of aliphatic carboxylic acids is 1. The second kappa shape index (κ2) is 6.53. The fraction of sp³-hybridized carbons (Fsp3) is 0.417. The molecule has 0 fully saturated rings. The van der Waals surface area contributed by atoms with Gasteiger partial charge in [-0.05, 0) is 11.1 Å². The molecule has 0 saturated heterocycles. The number of alkyl halides is 3. The van der Waals surface area contributed by atoms with Crippen LogP contribution < -0.4 is 5.32 Å². The number of benzene rings is 1. The molecule has 3 N–H and O–H groups in total. The van der Waals surface area contributed by atoms with E-state index in [-0.39, 0.29) is 13.0 Å². The first-order valence-electron chi connectivity index (χ1n) is 5.54. The summed E-state index contributed by atoms with van der Waals surface area (Å²) in [5.74, 6) is -0.945. The Balaban J connectivity index is 2.40. The van der Waals surface area contributed by atoms with Crippen LogP contribution in [0.4, 0.5) is 13.2 Å². The molecule has 19 heavy (non-hydrogen) atoms. The Morgan fingerprint density at radius 2 is 1.74 bits per heavy atom. The van der Waals surface area contributed by atoms with Crippen LogP contribution in [0.1, 0.15) is 11.1 Å². The van der Waals surface area contributed by atoms with Gasteiger partial charge in [0.25, 0.3) is 0 Å². The van der Waals surface area contributed by atoms with Crippen molar-refractivity contribution in [2.24, 2.45) is 0 Å². The molecule has 0 aliphatic carbocycles. The van der Waals surface area contributed by atoms with Crippen LogP contribution in [0.2, 0.25) is 0 Å². The van der Waals surface area contributed by atoms with Gasteiger partial charge in [0, 0.05) is 13.1 Å². The monoisotopic (exact) mass is 277 g/mol. The molecule has 0 amide bonds. The van der Waals surface area contributed by atoms with Crippen LogP contribution in [-0.2, 0) is 17.8 Å². The van der Waals surface area contributed by atoms with Gasteiger partial charge in [-0.25, -0.2) is 0 Å². The first-order chi connectivity index (χ1) is 8.79. The molecule has 1 aromatic rings. The highest BCUT2D eigenvalue weighted by Gasteiger charge is 2.37. The molecule has 0 aliphatic heterocycles. The average molecular weight is 277 g/mol. The Labute approximate surface area is 107 Å². The fourth-order valence-corrected chi connectivity index (χ4v) is 1.42. The molecule has 1 aromatic carbocycles. The van der Waals surface area contributed by atoms with Gasteiger partial charge in [-0.1, -0.05) is 24.3 Å². The van der Waals surface area contributed by atoms with Crippen LogP contribution in [0.3, 0.4) is 0 Å². The maximum atomic E-state index is 12.0. The molecule has 0 saturated carbocycles. The Morgan fingerprint density at radius 1 is 1.21 bits per heavy atom.